The summed E-state index contributed by atoms with van der Waals surface area (Å²) >= 11 is 0. The maximum absolute atomic E-state index is 11.3. The third-order valence-electron chi connectivity index (χ3n) is 3.06. The van der Waals surface area contributed by atoms with E-state index < -0.39 is 4.92 Å². The topological polar surface area (TPSA) is 69.7 Å². The predicted octanol–water partition coefficient (Wildman–Crippen LogP) is 3.65. The molecular formula is C15H13N3O3. The van der Waals surface area contributed by atoms with E-state index in [1.165, 1.54) is 4.40 Å². The van der Waals surface area contributed by atoms with Crippen molar-refractivity contribution in [1.82, 2.24) is 9.38 Å². The summed E-state index contributed by atoms with van der Waals surface area (Å²) in [4.78, 5) is 15.0. The molecule has 6 heteroatoms. The van der Waals surface area contributed by atoms with Crippen molar-refractivity contribution in [2.24, 2.45) is 0 Å². The number of imidazole rings is 1. The molecule has 0 N–H and O–H groups in total. The van der Waals surface area contributed by atoms with Gasteiger partial charge in [-0.25, -0.2) is 0 Å². The van der Waals surface area contributed by atoms with Gasteiger partial charge in [0.1, 0.15) is 5.75 Å². The molecule has 6 nitrogen and oxygen atoms in total. The van der Waals surface area contributed by atoms with Gasteiger partial charge in [0.2, 0.25) is 5.65 Å². The highest BCUT2D eigenvalue weighted by Gasteiger charge is 2.24. The van der Waals surface area contributed by atoms with Crippen LogP contribution in [0.3, 0.4) is 0 Å². The molecule has 2 heterocycles. The first-order chi connectivity index (χ1) is 10.0. The second kappa shape index (κ2) is 4.90. The monoisotopic (exact) mass is 283 g/mol. The van der Waals surface area contributed by atoms with Crippen molar-refractivity contribution in [2.45, 2.75) is 13.8 Å². The third kappa shape index (κ3) is 2.43. The molecule has 3 aromatic rings. The molecular weight excluding hydrogens is 270 g/mol. The first kappa shape index (κ1) is 13.1. The van der Waals surface area contributed by atoms with Gasteiger partial charge in [-0.15, -0.1) is 0 Å². The zero-order valence-electron chi connectivity index (χ0n) is 11.6. The molecule has 0 radical (unpaired) electrons. The van der Waals surface area contributed by atoms with Crippen LogP contribution in [0.5, 0.6) is 11.6 Å². The van der Waals surface area contributed by atoms with E-state index in [2.05, 4.69) is 4.98 Å². The van der Waals surface area contributed by atoms with Gasteiger partial charge in [-0.05, 0) is 48.1 Å². The van der Waals surface area contributed by atoms with Crippen LogP contribution in [0, 0.1) is 24.0 Å². The quantitative estimate of drug-likeness (QED) is 0.543. The van der Waals surface area contributed by atoms with Crippen LogP contribution in [0.25, 0.3) is 5.65 Å². The summed E-state index contributed by atoms with van der Waals surface area (Å²) in [6.45, 7) is 3.88. The molecule has 3 rings (SSSR count). The number of ether oxygens (including phenoxy) is 1. The van der Waals surface area contributed by atoms with Gasteiger partial charge in [-0.3, -0.25) is 0 Å². The minimum absolute atomic E-state index is 0.00352. The number of aryl methyl sites for hydroxylation is 2. The molecule has 2 aromatic heterocycles. The van der Waals surface area contributed by atoms with Crippen molar-refractivity contribution >= 4 is 11.5 Å². The lowest BCUT2D eigenvalue weighted by atomic mass is 10.1. The number of benzene rings is 1. The van der Waals surface area contributed by atoms with Crippen molar-refractivity contribution < 1.29 is 9.66 Å². The van der Waals surface area contributed by atoms with E-state index in [0.717, 1.165) is 11.1 Å². The highest BCUT2D eigenvalue weighted by molar-refractivity contribution is 5.53. The number of pyridine rings is 1. The normalized spacial score (nSPS) is 10.8. The standard InChI is InChI=1S/C15H13N3O3/c1-10-7-11(2)9-12(8-10)21-14-15(18(19)20)17-6-4-3-5-13(17)16-14/h3-9H,1-2H3. The Bertz CT molecular complexity index is 819. The summed E-state index contributed by atoms with van der Waals surface area (Å²) in [5, 5.41) is 11.3. The zero-order valence-corrected chi connectivity index (χ0v) is 11.6. The summed E-state index contributed by atoms with van der Waals surface area (Å²) in [5.41, 5.74) is 2.52. The third-order valence-corrected chi connectivity index (χ3v) is 3.06. The molecule has 0 aliphatic heterocycles. The Labute approximate surface area is 120 Å². The second-order valence-electron chi connectivity index (χ2n) is 4.85. The molecule has 0 fully saturated rings. The van der Waals surface area contributed by atoms with Crippen molar-refractivity contribution in [1.29, 1.82) is 0 Å². The molecule has 0 aliphatic carbocycles. The second-order valence-corrected chi connectivity index (χ2v) is 4.85. The van der Waals surface area contributed by atoms with Gasteiger partial charge >= 0.3 is 11.7 Å². The Balaban J connectivity index is 2.11. The van der Waals surface area contributed by atoms with Gasteiger partial charge in [0.15, 0.2) is 0 Å². The van der Waals surface area contributed by atoms with Crippen molar-refractivity contribution in [3.05, 3.63) is 63.8 Å². The van der Waals surface area contributed by atoms with Crippen LogP contribution < -0.4 is 4.74 Å². The summed E-state index contributed by atoms with van der Waals surface area (Å²) in [6, 6.07) is 10.8. The maximum atomic E-state index is 11.3. The number of aromatic nitrogens is 2. The molecule has 1 aromatic carbocycles. The Kier molecular flexibility index (Phi) is 3.06. The lowest BCUT2D eigenvalue weighted by molar-refractivity contribution is -0.391. The minimum atomic E-state index is -0.488. The zero-order chi connectivity index (χ0) is 15.0. The van der Waals surface area contributed by atoms with Gasteiger partial charge in [-0.2, -0.15) is 9.38 Å². The predicted molar refractivity (Wildman–Crippen MR) is 77.8 cm³/mol. The Hall–Kier alpha value is -2.89. The van der Waals surface area contributed by atoms with E-state index in [9.17, 15) is 10.1 Å². The van der Waals surface area contributed by atoms with Gasteiger partial charge in [0.25, 0.3) is 0 Å². The lowest BCUT2D eigenvalue weighted by Crippen LogP contribution is -1.96. The number of nitro groups is 1. The van der Waals surface area contributed by atoms with Crippen LogP contribution in [0.4, 0.5) is 5.82 Å². The van der Waals surface area contributed by atoms with E-state index in [0.29, 0.717) is 11.4 Å². The van der Waals surface area contributed by atoms with E-state index in [-0.39, 0.29) is 11.7 Å². The van der Waals surface area contributed by atoms with Crippen LogP contribution in [-0.4, -0.2) is 14.3 Å². The summed E-state index contributed by atoms with van der Waals surface area (Å²) < 4.78 is 7.04. The number of fused-ring (bicyclic) bond motifs is 1. The minimum Gasteiger partial charge on any atom is -0.433 e. The number of rotatable bonds is 3. The first-order valence-electron chi connectivity index (χ1n) is 6.42. The van der Waals surface area contributed by atoms with Crippen molar-refractivity contribution in [3.8, 4) is 11.6 Å². The highest BCUT2D eigenvalue weighted by atomic mass is 16.6. The Morgan fingerprint density at radius 2 is 1.90 bits per heavy atom. The average molecular weight is 283 g/mol. The maximum Gasteiger partial charge on any atom is 0.392 e. The molecule has 0 aliphatic rings. The summed E-state index contributed by atoms with van der Waals surface area (Å²) in [7, 11) is 0. The van der Waals surface area contributed by atoms with Gasteiger partial charge in [-0.1, -0.05) is 12.1 Å². The van der Waals surface area contributed by atoms with Gasteiger partial charge < -0.3 is 14.9 Å². The fourth-order valence-electron chi connectivity index (χ4n) is 2.30. The van der Waals surface area contributed by atoms with E-state index in [1.54, 1.807) is 24.4 Å². The fraction of sp³-hybridized carbons (Fsp3) is 0.133. The number of nitrogens with zero attached hydrogens (tertiary/aromatic N) is 3. The molecule has 0 amide bonds. The SMILES string of the molecule is Cc1cc(C)cc(Oc2nc3ccccn3c2[N+](=O)[O-])c1. The van der Waals surface area contributed by atoms with Crippen molar-refractivity contribution in [2.75, 3.05) is 0 Å². The first-order valence-corrected chi connectivity index (χ1v) is 6.42. The molecule has 0 spiro atoms. The fourth-order valence-corrected chi connectivity index (χ4v) is 2.30. The van der Waals surface area contributed by atoms with Crippen LogP contribution in [0.1, 0.15) is 11.1 Å². The molecule has 0 unspecified atom stereocenters. The Morgan fingerprint density at radius 1 is 1.19 bits per heavy atom. The molecule has 0 atom stereocenters. The number of hydrogen-bond acceptors (Lipinski definition) is 4. The highest BCUT2D eigenvalue weighted by Crippen LogP contribution is 2.32. The molecule has 0 saturated heterocycles. The molecule has 106 valence electrons. The number of hydrogen-bond donors (Lipinski definition) is 0. The molecule has 0 saturated carbocycles. The molecule has 0 bridgehead atoms. The van der Waals surface area contributed by atoms with E-state index >= 15 is 0 Å². The van der Waals surface area contributed by atoms with Crippen LogP contribution in [0.2, 0.25) is 0 Å². The van der Waals surface area contributed by atoms with Crippen LogP contribution in [-0.2, 0) is 0 Å². The van der Waals surface area contributed by atoms with Crippen LogP contribution in [0.15, 0.2) is 42.6 Å². The smallest absolute Gasteiger partial charge is 0.392 e. The van der Waals surface area contributed by atoms with Crippen LogP contribution >= 0.6 is 0 Å². The average Bonchev–Trinajstić information content (AvgIpc) is 2.75. The lowest BCUT2D eigenvalue weighted by Gasteiger charge is -2.05. The van der Waals surface area contributed by atoms with E-state index in [4.69, 9.17) is 4.74 Å². The largest absolute Gasteiger partial charge is 0.433 e. The van der Waals surface area contributed by atoms with Gasteiger partial charge in [0, 0.05) is 6.07 Å². The van der Waals surface area contributed by atoms with Crippen molar-refractivity contribution in [3.63, 3.8) is 0 Å². The summed E-state index contributed by atoms with van der Waals surface area (Å²) in [6.07, 6.45) is 1.59. The summed E-state index contributed by atoms with van der Waals surface area (Å²) in [5.74, 6) is 0.361. The molecule has 21 heavy (non-hydrogen) atoms. The van der Waals surface area contributed by atoms with Gasteiger partial charge in [0.05, 0.1) is 6.20 Å². The van der Waals surface area contributed by atoms with E-state index in [1.807, 2.05) is 32.0 Å². The Morgan fingerprint density at radius 3 is 2.57 bits per heavy atom.